The van der Waals surface area contributed by atoms with Gasteiger partial charge in [-0.05, 0) is 10.8 Å². The van der Waals surface area contributed by atoms with Crippen molar-refractivity contribution in [1.29, 1.82) is 0 Å². The molecule has 0 aliphatic heterocycles. The van der Waals surface area contributed by atoms with E-state index in [-0.39, 0.29) is 5.41 Å². The summed E-state index contributed by atoms with van der Waals surface area (Å²) < 4.78 is 1.20. The van der Waals surface area contributed by atoms with E-state index in [0.717, 1.165) is 5.75 Å². The Hall–Kier alpha value is -0.0200. The molecule has 86 valence electrons. The summed E-state index contributed by atoms with van der Waals surface area (Å²) >= 11 is 3.70. The third kappa shape index (κ3) is 4.56. The summed E-state index contributed by atoms with van der Waals surface area (Å²) in [5.74, 6) is 1.13. The number of aromatic nitrogens is 1. The van der Waals surface area contributed by atoms with Crippen LogP contribution in [0.4, 0.5) is 0 Å². The average Bonchev–Trinajstić information content (AvgIpc) is 2.45. The smallest absolute Gasteiger partial charge is 0.150 e. The largest absolute Gasteiger partial charge is 0.238 e. The fourth-order valence-corrected chi connectivity index (χ4v) is 3.02. The van der Waals surface area contributed by atoms with Crippen LogP contribution in [0.3, 0.4) is 0 Å². The van der Waals surface area contributed by atoms with Gasteiger partial charge in [0.05, 0.1) is 0 Å². The van der Waals surface area contributed by atoms with Gasteiger partial charge in [-0.15, -0.1) is 11.3 Å². The third-order valence-electron chi connectivity index (χ3n) is 1.85. The van der Waals surface area contributed by atoms with Crippen molar-refractivity contribution in [2.75, 3.05) is 5.75 Å². The Labute approximate surface area is 102 Å². The first-order valence-corrected chi connectivity index (χ1v) is 7.08. The van der Waals surface area contributed by atoms with Crippen molar-refractivity contribution < 1.29 is 0 Å². The number of thioether (sulfide) groups is 1. The molecule has 0 bridgehead atoms. The van der Waals surface area contributed by atoms with Gasteiger partial charge in [-0.1, -0.05) is 53.3 Å². The standard InChI is InChI=1S/C12H21NS2/c1-11(2,3)8-14-10-13-7-9(15-10)12(4,5)6/h7H,8H2,1-6H3. The van der Waals surface area contributed by atoms with Crippen LogP contribution in [0.5, 0.6) is 0 Å². The van der Waals surface area contributed by atoms with E-state index < -0.39 is 0 Å². The van der Waals surface area contributed by atoms with Gasteiger partial charge in [0.2, 0.25) is 0 Å². The molecule has 1 rings (SSSR count). The van der Waals surface area contributed by atoms with Crippen LogP contribution in [-0.4, -0.2) is 10.7 Å². The van der Waals surface area contributed by atoms with E-state index in [1.165, 1.54) is 9.22 Å². The van der Waals surface area contributed by atoms with Crippen LogP contribution in [0.2, 0.25) is 0 Å². The van der Waals surface area contributed by atoms with Gasteiger partial charge in [-0.3, -0.25) is 0 Å². The average molecular weight is 243 g/mol. The summed E-state index contributed by atoms with van der Waals surface area (Å²) in [5.41, 5.74) is 0.608. The molecule has 0 atom stereocenters. The van der Waals surface area contributed by atoms with Crippen molar-refractivity contribution >= 4 is 23.1 Å². The van der Waals surface area contributed by atoms with Crippen LogP contribution in [0.1, 0.15) is 46.4 Å². The van der Waals surface area contributed by atoms with Crippen molar-refractivity contribution in [1.82, 2.24) is 4.98 Å². The maximum Gasteiger partial charge on any atom is 0.150 e. The van der Waals surface area contributed by atoms with Gasteiger partial charge in [-0.25, -0.2) is 4.98 Å². The van der Waals surface area contributed by atoms with Crippen molar-refractivity contribution in [2.24, 2.45) is 5.41 Å². The molecule has 0 radical (unpaired) electrons. The molecule has 1 aromatic rings. The van der Waals surface area contributed by atoms with Crippen LogP contribution in [0.15, 0.2) is 10.5 Å². The lowest BCUT2D eigenvalue weighted by Gasteiger charge is -2.16. The summed E-state index contributed by atoms with van der Waals surface area (Å²) in [7, 11) is 0. The van der Waals surface area contributed by atoms with Crippen molar-refractivity contribution in [2.45, 2.75) is 51.3 Å². The van der Waals surface area contributed by atoms with Gasteiger partial charge in [0.25, 0.3) is 0 Å². The molecule has 0 spiro atoms. The summed E-state index contributed by atoms with van der Waals surface area (Å²) in [6.45, 7) is 13.5. The monoisotopic (exact) mass is 243 g/mol. The maximum atomic E-state index is 4.47. The zero-order valence-electron chi connectivity index (χ0n) is 10.5. The molecule has 0 unspecified atom stereocenters. The molecule has 3 heteroatoms. The topological polar surface area (TPSA) is 12.9 Å². The van der Waals surface area contributed by atoms with E-state index in [4.69, 9.17) is 0 Å². The lowest BCUT2D eigenvalue weighted by Crippen LogP contribution is -2.08. The number of nitrogens with zero attached hydrogens (tertiary/aromatic N) is 1. The molecule has 0 aromatic carbocycles. The van der Waals surface area contributed by atoms with Gasteiger partial charge in [0.1, 0.15) is 4.34 Å². The van der Waals surface area contributed by atoms with Gasteiger partial charge >= 0.3 is 0 Å². The number of hydrogen-bond acceptors (Lipinski definition) is 3. The van der Waals surface area contributed by atoms with Gasteiger partial charge in [0, 0.05) is 16.8 Å². The Bertz CT molecular complexity index is 315. The minimum absolute atomic E-state index is 0.234. The molecular weight excluding hydrogens is 222 g/mol. The molecule has 1 aromatic heterocycles. The lowest BCUT2D eigenvalue weighted by atomic mass is 9.96. The van der Waals surface area contributed by atoms with E-state index >= 15 is 0 Å². The lowest BCUT2D eigenvalue weighted by molar-refractivity contribution is 0.481. The highest BCUT2D eigenvalue weighted by Crippen LogP contribution is 2.34. The second kappa shape index (κ2) is 4.46. The first-order valence-electron chi connectivity index (χ1n) is 5.28. The molecule has 15 heavy (non-hydrogen) atoms. The quantitative estimate of drug-likeness (QED) is 0.705. The minimum Gasteiger partial charge on any atom is -0.238 e. The minimum atomic E-state index is 0.234. The Balaban J connectivity index is 2.62. The predicted molar refractivity (Wildman–Crippen MR) is 71.0 cm³/mol. The van der Waals surface area contributed by atoms with Crippen molar-refractivity contribution in [3.63, 3.8) is 0 Å². The van der Waals surface area contributed by atoms with E-state index in [2.05, 4.69) is 46.5 Å². The van der Waals surface area contributed by atoms with Crippen LogP contribution >= 0.6 is 23.1 Å². The Morgan fingerprint density at radius 3 is 2.20 bits per heavy atom. The van der Waals surface area contributed by atoms with Crippen molar-refractivity contribution in [3.8, 4) is 0 Å². The zero-order chi connectivity index (χ0) is 11.7. The fourth-order valence-electron chi connectivity index (χ4n) is 0.950. The Kier molecular flexibility index (Phi) is 3.88. The highest BCUT2D eigenvalue weighted by atomic mass is 32.2. The Morgan fingerprint density at radius 2 is 1.80 bits per heavy atom. The molecule has 1 heterocycles. The summed E-state index contributed by atoms with van der Waals surface area (Å²) in [5, 5.41) is 0. The first kappa shape index (κ1) is 13.0. The highest BCUT2D eigenvalue weighted by molar-refractivity contribution is 8.01. The van der Waals surface area contributed by atoms with Gasteiger partial charge in [0.15, 0.2) is 0 Å². The normalized spacial score (nSPS) is 13.2. The molecule has 0 fully saturated rings. The van der Waals surface area contributed by atoms with E-state index in [1.807, 2.05) is 29.3 Å². The molecule has 0 aliphatic carbocycles. The van der Waals surface area contributed by atoms with Gasteiger partial charge < -0.3 is 0 Å². The Morgan fingerprint density at radius 1 is 1.20 bits per heavy atom. The molecule has 1 nitrogen and oxygen atoms in total. The second-order valence-corrected chi connectivity index (χ2v) is 8.34. The first-order chi connectivity index (χ1) is 6.68. The van der Waals surface area contributed by atoms with Crippen LogP contribution < -0.4 is 0 Å². The predicted octanol–water partition coefficient (Wildman–Crippen LogP) is 4.58. The number of thiazole rings is 1. The fraction of sp³-hybridized carbons (Fsp3) is 0.750. The van der Waals surface area contributed by atoms with E-state index in [9.17, 15) is 0 Å². The van der Waals surface area contributed by atoms with Crippen LogP contribution in [0.25, 0.3) is 0 Å². The number of rotatable bonds is 2. The summed E-state index contributed by atoms with van der Waals surface area (Å²) in [6.07, 6.45) is 2.02. The molecule has 0 aliphatic rings. The maximum absolute atomic E-state index is 4.47. The number of hydrogen-bond donors (Lipinski definition) is 0. The molecular formula is C12H21NS2. The second-order valence-electron chi connectivity index (χ2n) is 6.09. The molecule has 0 saturated heterocycles. The molecule has 0 N–H and O–H groups in total. The zero-order valence-corrected chi connectivity index (χ0v) is 12.2. The molecule has 0 amide bonds. The van der Waals surface area contributed by atoms with Crippen LogP contribution in [-0.2, 0) is 5.41 Å². The SMILES string of the molecule is CC(C)(C)CSc1ncc(C(C)(C)C)s1. The van der Waals surface area contributed by atoms with Crippen molar-refractivity contribution in [3.05, 3.63) is 11.1 Å². The van der Waals surface area contributed by atoms with Crippen LogP contribution in [0, 0.1) is 5.41 Å². The van der Waals surface area contributed by atoms with E-state index in [1.54, 1.807) is 0 Å². The summed E-state index contributed by atoms with van der Waals surface area (Å²) in [6, 6.07) is 0. The molecule has 0 saturated carbocycles. The highest BCUT2D eigenvalue weighted by Gasteiger charge is 2.18. The summed E-state index contributed by atoms with van der Waals surface area (Å²) in [4.78, 5) is 5.84. The third-order valence-corrected chi connectivity index (χ3v) is 5.04. The van der Waals surface area contributed by atoms with E-state index in [0.29, 0.717) is 5.41 Å². The van der Waals surface area contributed by atoms with Gasteiger partial charge in [-0.2, -0.15) is 0 Å².